The largest absolute Gasteiger partial charge is 0.370 e. The summed E-state index contributed by atoms with van der Waals surface area (Å²) in [6, 6.07) is 4.77. The van der Waals surface area contributed by atoms with Gasteiger partial charge in [-0.05, 0) is 18.2 Å². The van der Waals surface area contributed by atoms with Gasteiger partial charge in [-0.2, -0.15) is 0 Å². The summed E-state index contributed by atoms with van der Waals surface area (Å²) < 4.78 is 0. The Hall–Kier alpha value is -1.30. The van der Waals surface area contributed by atoms with E-state index >= 15 is 0 Å². The Labute approximate surface area is 194 Å². The number of nitrogens with zero attached hydrogens (tertiary/aromatic N) is 4. The second-order valence-electron chi connectivity index (χ2n) is 5.91. The zero-order valence-electron chi connectivity index (χ0n) is 15.0. The van der Waals surface area contributed by atoms with Crippen LogP contribution in [-0.4, -0.2) is 61.0 Å². The molecule has 2 heterocycles. The average molecular weight is 555 g/mol. The predicted molar refractivity (Wildman–Crippen MR) is 127 cm³/mol. The fraction of sp³-hybridized carbons (Fsp3) is 0.353. The molecule has 0 saturated carbocycles. The number of thiazole rings is 1. The quantitative estimate of drug-likeness (QED) is 0.257. The Morgan fingerprint density at radius 1 is 1.25 bits per heavy atom. The molecule has 0 bridgehead atoms. The van der Waals surface area contributed by atoms with Crippen LogP contribution in [0.4, 0.5) is 5.13 Å². The van der Waals surface area contributed by atoms with E-state index in [0.717, 1.165) is 31.3 Å². The number of nitrogens with two attached hydrogens (primary N) is 1. The van der Waals surface area contributed by atoms with Gasteiger partial charge in [-0.15, -0.1) is 35.3 Å². The summed E-state index contributed by atoms with van der Waals surface area (Å²) in [4.78, 5) is 25.1. The van der Waals surface area contributed by atoms with Crippen molar-refractivity contribution < 1.29 is 4.79 Å². The van der Waals surface area contributed by atoms with Gasteiger partial charge in [-0.25, -0.2) is 4.98 Å². The van der Waals surface area contributed by atoms with Crippen LogP contribution in [0.25, 0.3) is 0 Å². The summed E-state index contributed by atoms with van der Waals surface area (Å²) >= 11 is 13.4. The molecule has 3 rings (SSSR count). The third kappa shape index (κ3) is 6.10. The number of hydrogen-bond acceptors (Lipinski definition) is 5. The first kappa shape index (κ1) is 23.0. The number of amides is 1. The molecule has 0 radical (unpaired) electrons. The minimum atomic E-state index is -0.223. The lowest BCUT2D eigenvalue weighted by atomic mass is 10.2. The standard InChI is InChI=1S/C17H20Cl2N6OS.HI/c18-13-2-1-12(11-14(13)19)15(26)21-3-4-22-16(20)24-6-8-25(9-7-24)17-23-5-10-27-17;/h1-2,5,10-11H,3-4,6-9H2,(H2,20,22)(H,21,26);1H. The molecule has 1 aromatic heterocycles. The average Bonchev–Trinajstić information content (AvgIpc) is 3.22. The first-order valence-electron chi connectivity index (χ1n) is 8.47. The molecule has 3 N–H and O–H groups in total. The third-order valence-electron chi connectivity index (χ3n) is 4.15. The van der Waals surface area contributed by atoms with Crippen molar-refractivity contribution in [2.75, 3.05) is 44.2 Å². The molecule has 7 nitrogen and oxygen atoms in total. The molecule has 0 aliphatic carbocycles. The SMILES string of the molecule is I.NC(=NCCNC(=O)c1ccc(Cl)c(Cl)c1)N1CCN(c2nccs2)CC1. The number of benzene rings is 1. The summed E-state index contributed by atoms with van der Waals surface area (Å²) in [5.74, 6) is 0.275. The van der Waals surface area contributed by atoms with Crippen molar-refractivity contribution in [2.45, 2.75) is 0 Å². The van der Waals surface area contributed by atoms with Crippen LogP contribution in [0.15, 0.2) is 34.8 Å². The van der Waals surface area contributed by atoms with Gasteiger partial charge in [0.05, 0.1) is 16.6 Å². The van der Waals surface area contributed by atoms with Gasteiger partial charge in [0.2, 0.25) is 0 Å². The second kappa shape index (κ2) is 11.0. The maximum absolute atomic E-state index is 12.1. The number of guanidine groups is 1. The number of piperazine rings is 1. The summed E-state index contributed by atoms with van der Waals surface area (Å²) in [7, 11) is 0. The van der Waals surface area contributed by atoms with Crippen molar-refractivity contribution in [3.05, 3.63) is 45.4 Å². The Balaban J connectivity index is 0.00000280. The number of nitrogens with one attached hydrogen (secondary N) is 1. The maximum atomic E-state index is 12.1. The van der Waals surface area contributed by atoms with Gasteiger partial charge in [0.25, 0.3) is 5.91 Å². The van der Waals surface area contributed by atoms with Gasteiger partial charge >= 0.3 is 0 Å². The highest BCUT2D eigenvalue weighted by Crippen LogP contribution is 2.22. The zero-order valence-corrected chi connectivity index (χ0v) is 19.6. The second-order valence-corrected chi connectivity index (χ2v) is 7.60. The van der Waals surface area contributed by atoms with E-state index in [-0.39, 0.29) is 29.9 Å². The Bertz CT molecular complexity index is 812. The predicted octanol–water partition coefficient (Wildman–Crippen LogP) is 2.93. The van der Waals surface area contributed by atoms with Crippen molar-refractivity contribution in [2.24, 2.45) is 10.7 Å². The van der Waals surface area contributed by atoms with Crippen LogP contribution in [0.1, 0.15) is 10.4 Å². The summed E-state index contributed by atoms with van der Waals surface area (Å²) in [5, 5.41) is 6.57. The van der Waals surface area contributed by atoms with Crippen LogP contribution < -0.4 is 16.0 Å². The highest BCUT2D eigenvalue weighted by atomic mass is 127. The molecular weight excluding hydrogens is 534 g/mol. The zero-order chi connectivity index (χ0) is 19.2. The monoisotopic (exact) mass is 554 g/mol. The van der Waals surface area contributed by atoms with Crippen molar-refractivity contribution in [1.29, 1.82) is 0 Å². The lowest BCUT2D eigenvalue weighted by Crippen LogP contribution is -2.51. The number of anilines is 1. The number of rotatable bonds is 5. The molecular formula is C17H21Cl2IN6OS. The lowest BCUT2D eigenvalue weighted by Gasteiger charge is -2.35. The van der Waals surface area contributed by atoms with Crippen LogP contribution in [0.2, 0.25) is 10.0 Å². The summed E-state index contributed by atoms with van der Waals surface area (Å²) in [6.07, 6.45) is 1.81. The highest BCUT2D eigenvalue weighted by Gasteiger charge is 2.19. The van der Waals surface area contributed by atoms with Crippen molar-refractivity contribution in [1.82, 2.24) is 15.2 Å². The van der Waals surface area contributed by atoms with E-state index in [9.17, 15) is 4.79 Å². The molecule has 152 valence electrons. The van der Waals surface area contributed by atoms with Crippen molar-refractivity contribution in [3.8, 4) is 0 Å². The Morgan fingerprint density at radius 2 is 2.00 bits per heavy atom. The van der Waals surface area contributed by atoms with Crippen molar-refractivity contribution >= 4 is 75.5 Å². The van der Waals surface area contributed by atoms with Crippen molar-refractivity contribution in [3.63, 3.8) is 0 Å². The smallest absolute Gasteiger partial charge is 0.251 e. The van der Waals surface area contributed by atoms with Gasteiger partial charge < -0.3 is 20.9 Å². The Kier molecular flexibility index (Phi) is 9.06. The molecule has 1 fully saturated rings. The molecule has 1 aromatic carbocycles. The topological polar surface area (TPSA) is 86.8 Å². The molecule has 0 unspecified atom stereocenters. The first-order valence-corrected chi connectivity index (χ1v) is 10.1. The van der Waals surface area contributed by atoms with E-state index in [1.807, 2.05) is 16.5 Å². The fourth-order valence-corrected chi connectivity index (χ4v) is 3.67. The number of halogens is 3. The molecule has 1 amide bonds. The van der Waals surface area contributed by atoms with E-state index in [1.165, 1.54) is 0 Å². The Morgan fingerprint density at radius 3 is 2.64 bits per heavy atom. The van der Waals surface area contributed by atoms with E-state index < -0.39 is 0 Å². The van der Waals surface area contributed by atoms with E-state index in [2.05, 4.69) is 20.2 Å². The van der Waals surface area contributed by atoms with Gasteiger partial charge in [0.15, 0.2) is 11.1 Å². The van der Waals surface area contributed by atoms with Crippen LogP contribution in [0.3, 0.4) is 0 Å². The molecule has 1 saturated heterocycles. The van der Waals surface area contributed by atoms with Crippen LogP contribution in [-0.2, 0) is 0 Å². The third-order valence-corrected chi connectivity index (χ3v) is 5.72. The molecule has 11 heteroatoms. The van der Waals surface area contributed by atoms with Gasteiger partial charge in [-0.1, -0.05) is 23.2 Å². The minimum absolute atomic E-state index is 0. The molecule has 1 aliphatic rings. The summed E-state index contributed by atoms with van der Waals surface area (Å²) in [6.45, 7) is 4.11. The van der Waals surface area contributed by atoms with E-state index in [0.29, 0.717) is 34.7 Å². The van der Waals surface area contributed by atoms with Gasteiger partial charge in [0, 0.05) is 49.9 Å². The van der Waals surface area contributed by atoms with Crippen LogP contribution >= 0.6 is 58.5 Å². The van der Waals surface area contributed by atoms with E-state index in [1.54, 1.807) is 29.5 Å². The molecule has 0 spiro atoms. The molecule has 0 atom stereocenters. The number of carbonyl (C=O) groups excluding carboxylic acids is 1. The first-order chi connectivity index (χ1) is 13.0. The fourth-order valence-electron chi connectivity index (χ4n) is 2.68. The van der Waals surface area contributed by atoms with Crippen LogP contribution in [0.5, 0.6) is 0 Å². The van der Waals surface area contributed by atoms with Gasteiger partial charge in [0.1, 0.15) is 0 Å². The van der Waals surface area contributed by atoms with Crippen LogP contribution in [0, 0.1) is 0 Å². The molecule has 1 aliphatic heterocycles. The lowest BCUT2D eigenvalue weighted by molar-refractivity contribution is 0.0955. The molecule has 28 heavy (non-hydrogen) atoms. The highest BCUT2D eigenvalue weighted by molar-refractivity contribution is 14.0. The van der Waals surface area contributed by atoms with Gasteiger partial charge in [-0.3, -0.25) is 9.79 Å². The normalized spacial score (nSPS) is 14.6. The molecule has 2 aromatic rings. The maximum Gasteiger partial charge on any atom is 0.251 e. The number of aromatic nitrogens is 1. The number of carbonyl (C=O) groups is 1. The van der Waals surface area contributed by atoms with E-state index in [4.69, 9.17) is 28.9 Å². The number of aliphatic imine (C=N–C) groups is 1. The minimum Gasteiger partial charge on any atom is -0.370 e. The summed E-state index contributed by atoms with van der Waals surface area (Å²) in [5.41, 5.74) is 6.53. The number of hydrogen-bond donors (Lipinski definition) is 2.